The molecule has 0 aromatic rings. The lowest BCUT2D eigenvalue weighted by atomic mass is 9.98. The molecule has 1 saturated carbocycles. The van der Waals surface area contributed by atoms with Crippen LogP contribution < -0.4 is 0 Å². The molecule has 1 aliphatic carbocycles. The van der Waals surface area contributed by atoms with E-state index in [0.717, 1.165) is 0 Å². The highest BCUT2D eigenvalue weighted by Crippen LogP contribution is 2.31. The lowest BCUT2D eigenvalue weighted by molar-refractivity contribution is -0.143. The van der Waals surface area contributed by atoms with Crippen molar-refractivity contribution in [2.45, 2.75) is 38.6 Å². The van der Waals surface area contributed by atoms with E-state index < -0.39 is 45.3 Å². The fourth-order valence-corrected chi connectivity index (χ4v) is 4.72. The van der Waals surface area contributed by atoms with Crippen LogP contribution in [0.2, 0.25) is 0 Å². The van der Waals surface area contributed by atoms with Crippen LogP contribution in [0.15, 0.2) is 0 Å². The molecule has 8 heteroatoms. The van der Waals surface area contributed by atoms with Crippen molar-refractivity contribution in [2.24, 2.45) is 11.8 Å². The van der Waals surface area contributed by atoms with Gasteiger partial charge in [-0.3, -0.25) is 9.59 Å². The largest absolute Gasteiger partial charge is 0.481 e. The zero-order valence-corrected chi connectivity index (χ0v) is 12.9. The third-order valence-corrected chi connectivity index (χ3v) is 5.61. The van der Waals surface area contributed by atoms with Crippen LogP contribution in [0.5, 0.6) is 0 Å². The van der Waals surface area contributed by atoms with E-state index in [4.69, 9.17) is 14.6 Å². The molecule has 1 heterocycles. The van der Waals surface area contributed by atoms with Crippen molar-refractivity contribution in [3.8, 4) is 0 Å². The molecule has 0 spiro atoms. The number of carboxylic acid groups (broad SMARTS) is 1. The molecule has 2 aliphatic rings. The van der Waals surface area contributed by atoms with Crippen molar-refractivity contribution in [2.75, 3.05) is 18.1 Å². The Morgan fingerprint density at radius 1 is 1.38 bits per heavy atom. The summed E-state index contributed by atoms with van der Waals surface area (Å²) in [4.78, 5) is 22.8. The van der Waals surface area contributed by atoms with Gasteiger partial charge in [0.2, 0.25) is 0 Å². The van der Waals surface area contributed by atoms with Crippen molar-refractivity contribution in [1.29, 1.82) is 0 Å². The number of carbonyl (C=O) groups is 2. The molecule has 0 bridgehead atoms. The van der Waals surface area contributed by atoms with Crippen LogP contribution in [-0.4, -0.2) is 55.3 Å². The minimum absolute atomic E-state index is 0.132. The third-order valence-electron chi connectivity index (χ3n) is 3.86. The first kappa shape index (κ1) is 16.4. The zero-order chi connectivity index (χ0) is 15.8. The summed E-state index contributed by atoms with van der Waals surface area (Å²) in [6.45, 7) is 3.56. The van der Waals surface area contributed by atoms with Crippen molar-refractivity contribution in [1.82, 2.24) is 0 Å². The number of hydrogen-bond acceptors (Lipinski definition) is 6. The monoisotopic (exact) mass is 320 g/mol. The Kier molecular flexibility index (Phi) is 4.41. The van der Waals surface area contributed by atoms with Gasteiger partial charge in [0.15, 0.2) is 15.6 Å². The van der Waals surface area contributed by atoms with E-state index in [-0.39, 0.29) is 31.0 Å². The summed E-state index contributed by atoms with van der Waals surface area (Å²) in [5, 5.41) is 9.06. The van der Waals surface area contributed by atoms with Crippen LogP contribution in [-0.2, 0) is 28.9 Å². The highest BCUT2D eigenvalue weighted by Gasteiger charge is 2.43. The van der Waals surface area contributed by atoms with Crippen LogP contribution in [0.4, 0.5) is 0 Å². The standard InChI is InChI=1S/C13H20O7S/c1-13(2)19-5-8(20-13)6-21(17,18)7-10-9(12(15)16)3-4-11(10)14/h8-10H,3-7H2,1-2H3,(H,15,16)/t8?,9?,10-/m1/s1. The quantitative estimate of drug-likeness (QED) is 0.772. The molecule has 0 aromatic heterocycles. The van der Waals surface area contributed by atoms with Gasteiger partial charge < -0.3 is 14.6 Å². The van der Waals surface area contributed by atoms with Gasteiger partial charge in [-0.25, -0.2) is 8.42 Å². The molecule has 21 heavy (non-hydrogen) atoms. The van der Waals surface area contributed by atoms with Gasteiger partial charge in [-0.1, -0.05) is 0 Å². The molecule has 120 valence electrons. The number of rotatable bonds is 5. The second-order valence-electron chi connectivity index (χ2n) is 6.08. The van der Waals surface area contributed by atoms with E-state index in [1.54, 1.807) is 13.8 Å². The molecular weight excluding hydrogens is 300 g/mol. The molecule has 1 N–H and O–H groups in total. The summed E-state index contributed by atoms with van der Waals surface area (Å²) >= 11 is 0. The first-order chi connectivity index (χ1) is 9.60. The zero-order valence-electron chi connectivity index (χ0n) is 12.1. The third kappa shape index (κ3) is 4.02. The molecule has 3 atom stereocenters. The molecule has 2 rings (SSSR count). The summed E-state index contributed by atoms with van der Waals surface area (Å²) in [5.74, 6) is -4.73. The second-order valence-corrected chi connectivity index (χ2v) is 8.24. The summed E-state index contributed by atoms with van der Waals surface area (Å²) in [7, 11) is -3.59. The van der Waals surface area contributed by atoms with Crippen molar-refractivity contribution < 1.29 is 32.6 Å². The Balaban J connectivity index is 2.00. The minimum Gasteiger partial charge on any atom is -0.481 e. The van der Waals surface area contributed by atoms with E-state index >= 15 is 0 Å². The number of carbonyl (C=O) groups excluding carboxylic acids is 1. The number of ketones is 1. The minimum atomic E-state index is -3.59. The maximum Gasteiger partial charge on any atom is 0.307 e. The topological polar surface area (TPSA) is 107 Å². The molecule has 7 nitrogen and oxygen atoms in total. The van der Waals surface area contributed by atoms with Gasteiger partial charge in [-0.15, -0.1) is 0 Å². The average molecular weight is 320 g/mol. The highest BCUT2D eigenvalue weighted by atomic mass is 32.2. The van der Waals surface area contributed by atoms with Crippen molar-refractivity contribution in [3.05, 3.63) is 0 Å². The average Bonchev–Trinajstić information content (AvgIpc) is 2.82. The molecule has 0 aromatic carbocycles. The van der Waals surface area contributed by atoms with Crippen LogP contribution in [0.3, 0.4) is 0 Å². The van der Waals surface area contributed by atoms with Gasteiger partial charge in [0.1, 0.15) is 5.78 Å². The Morgan fingerprint density at radius 2 is 2.05 bits per heavy atom. The Labute approximate surface area is 123 Å². The number of sulfone groups is 1. The lowest BCUT2D eigenvalue weighted by Crippen LogP contribution is -2.34. The van der Waals surface area contributed by atoms with Crippen molar-refractivity contribution >= 4 is 21.6 Å². The van der Waals surface area contributed by atoms with Gasteiger partial charge in [0, 0.05) is 12.3 Å². The van der Waals surface area contributed by atoms with Gasteiger partial charge in [-0.2, -0.15) is 0 Å². The molecule has 0 radical (unpaired) electrons. The van der Waals surface area contributed by atoms with E-state index in [2.05, 4.69) is 0 Å². The number of aliphatic carboxylic acids is 1. The van der Waals surface area contributed by atoms with E-state index in [1.807, 2.05) is 0 Å². The fraction of sp³-hybridized carbons (Fsp3) is 0.846. The Hall–Kier alpha value is -0.990. The molecular formula is C13H20O7S. The Morgan fingerprint density at radius 3 is 2.57 bits per heavy atom. The van der Waals surface area contributed by atoms with Crippen LogP contribution in [0, 0.1) is 11.8 Å². The van der Waals surface area contributed by atoms with Crippen LogP contribution in [0.1, 0.15) is 26.7 Å². The molecule has 1 saturated heterocycles. The fourth-order valence-electron chi connectivity index (χ4n) is 2.88. The first-order valence-corrected chi connectivity index (χ1v) is 8.69. The maximum absolute atomic E-state index is 12.2. The number of Topliss-reactive ketones (excluding diaryl/α,β-unsaturated/α-hetero) is 1. The maximum atomic E-state index is 12.2. The van der Waals surface area contributed by atoms with E-state index in [0.29, 0.717) is 0 Å². The predicted octanol–water partition coefficient (Wildman–Crippen LogP) is 0.233. The summed E-state index contributed by atoms with van der Waals surface area (Å²) in [6, 6.07) is 0. The summed E-state index contributed by atoms with van der Waals surface area (Å²) < 4.78 is 35.1. The molecule has 1 aliphatic heterocycles. The SMILES string of the molecule is CC1(C)OCC(CS(=O)(=O)C[C@H]2C(=O)CCC2C(=O)O)O1. The second kappa shape index (κ2) is 5.66. The number of hydrogen-bond donors (Lipinski definition) is 1. The smallest absolute Gasteiger partial charge is 0.307 e. The van der Waals surface area contributed by atoms with Gasteiger partial charge in [0.25, 0.3) is 0 Å². The molecule has 2 unspecified atom stereocenters. The number of carboxylic acids is 1. The highest BCUT2D eigenvalue weighted by molar-refractivity contribution is 7.91. The van der Waals surface area contributed by atoms with Crippen molar-refractivity contribution in [3.63, 3.8) is 0 Å². The Bertz CT molecular complexity index is 537. The predicted molar refractivity (Wildman–Crippen MR) is 72.4 cm³/mol. The van der Waals surface area contributed by atoms with Gasteiger partial charge in [-0.05, 0) is 20.3 Å². The number of ether oxygens (including phenoxy) is 2. The van der Waals surface area contributed by atoms with Crippen LogP contribution >= 0.6 is 0 Å². The molecule has 2 fully saturated rings. The normalized spacial score (nSPS) is 32.5. The molecule has 0 amide bonds. The summed E-state index contributed by atoms with van der Waals surface area (Å²) in [5.41, 5.74) is 0. The first-order valence-electron chi connectivity index (χ1n) is 6.87. The summed E-state index contributed by atoms with van der Waals surface area (Å²) in [6.07, 6.45) is -0.234. The lowest BCUT2D eigenvalue weighted by Gasteiger charge is -2.18. The van der Waals surface area contributed by atoms with Crippen LogP contribution in [0.25, 0.3) is 0 Å². The van der Waals surface area contributed by atoms with Gasteiger partial charge >= 0.3 is 5.97 Å². The van der Waals surface area contributed by atoms with Gasteiger partial charge in [0.05, 0.1) is 30.1 Å². The van der Waals surface area contributed by atoms with E-state index in [9.17, 15) is 18.0 Å². The van der Waals surface area contributed by atoms with E-state index in [1.165, 1.54) is 0 Å².